The van der Waals surface area contributed by atoms with E-state index in [2.05, 4.69) is 22.1 Å². The van der Waals surface area contributed by atoms with Crippen molar-refractivity contribution in [3.05, 3.63) is 29.6 Å². The summed E-state index contributed by atoms with van der Waals surface area (Å²) in [7, 11) is 0. The number of hydrogen-bond donors (Lipinski definition) is 1. The van der Waals surface area contributed by atoms with Gasteiger partial charge in [-0.1, -0.05) is 11.8 Å². The van der Waals surface area contributed by atoms with Crippen LogP contribution in [0.5, 0.6) is 0 Å². The fourth-order valence-corrected chi connectivity index (χ4v) is 1.15. The second kappa shape index (κ2) is 7.07. The number of aromatic nitrogens is 1. The Kier molecular flexibility index (Phi) is 5.39. The Balaban J connectivity index is 2.70. The highest BCUT2D eigenvalue weighted by atomic mass is 16.5. The fraction of sp³-hybridized carbons (Fsp3) is 0.308. The van der Waals surface area contributed by atoms with Crippen molar-refractivity contribution in [2.24, 2.45) is 0 Å². The number of carbonyl (C=O) groups is 2. The molecule has 0 spiro atoms. The maximum Gasteiger partial charge on any atom is 0.339 e. The van der Waals surface area contributed by atoms with Gasteiger partial charge < -0.3 is 10.1 Å². The van der Waals surface area contributed by atoms with Crippen molar-refractivity contribution in [3.8, 4) is 11.8 Å². The molecule has 1 rings (SSSR count). The highest BCUT2D eigenvalue weighted by Crippen LogP contribution is 2.03. The molecule has 1 heterocycles. The Morgan fingerprint density at radius 2 is 2.22 bits per heavy atom. The zero-order chi connectivity index (χ0) is 13.4. The van der Waals surface area contributed by atoms with Gasteiger partial charge in [-0.3, -0.25) is 9.78 Å². The van der Waals surface area contributed by atoms with Crippen LogP contribution in [0.4, 0.5) is 0 Å². The molecule has 1 aromatic heterocycles. The molecule has 0 radical (unpaired) electrons. The zero-order valence-electron chi connectivity index (χ0n) is 10.3. The molecule has 0 aliphatic rings. The van der Waals surface area contributed by atoms with Crippen molar-refractivity contribution in [2.75, 3.05) is 13.2 Å². The average Bonchev–Trinajstić information content (AvgIpc) is 2.35. The maximum absolute atomic E-state index is 11.4. The first-order valence-electron chi connectivity index (χ1n) is 5.49. The number of ether oxygens (including phenoxy) is 1. The van der Waals surface area contributed by atoms with E-state index in [0.717, 1.165) is 0 Å². The van der Waals surface area contributed by atoms with Gasteiger partial charge in [0.25, 0.3) is 0 Å². The van der Waals surface area contributed by atoms with Gasteiger partial charge in [-0.15, -0.1) is 0 Å². The van der Waals surface area contributed by atoms with Crippen molar-refractivity contribution >= 4 is 11.9 Å². The van der Waals surface area contributed by atoms with Crippen LogP contribution < -0.4 is 5.32 Å². The maximum atomic E-state index is 11.4. The largest absolute Gasteiger partial charge is 0.462 e. The molecule has 0 fully saturated rings. The Morgan fingerprint density at radius 1 is 1.44 bits per heavy atom. The van der Waals surface area contributed by atoms with E-state index in [4.69, 9.17) is 4.74 Å². The first-order valence-corrected chi connectivity index (χ1v) is 5.49. The van der Waals surface area contributed by atoms with Crippen LogP contribution in [0, 0.1) is 11.8 Å². The SMILES string of the molecule is CCOC(=O)c1cncc(C#CCNC(C)=O)c1. The van der Waals surface area contributed by atoms with Crippen molar-refractivity contribution in [2.45, 2.75) is 13.8 Å². The van der Waals surface area contributed by atoms with E-state index in [1.165, 1.54) is 13.1 Å². The molecule has 0 unspecified atom stereocenters. The first-order chi connectivity index (χ1) is 8.63. The summed E-state index contributed by atoms with van der Waals surface area (Å²) in [6.07, 6.45) is 2.97. The summed E-state index contributed by atoms with van der Waals surface area (Å²) in [5, 5.41) is 2.55. The summed E-state index contributed by atoms with van der Waals surface area (Å²) < 4.78 is 4.86. The van der Waals surface area contributed by atoms with E-state index in [9.17, 15) is 9.59 Å². The van der Waals surface area contributed by atoms with Crippen LogP contribution in [0.1, 0.15) is 29.8 Å². The molecule has 0 aliphatic heterocycles. The predicted octanol–water partition coefficient (Wildman–Crippen LogP) is 0.746. The minimum Gasteiger partial charge on any atom is -0.462 e. The minimum atomic E-state index is -0.421. The Labute approximate surface area is 106 Å². The van der Waals surface area contributed by atoms with Crippen LogP contribution in [-0.4, -0.2) is 30.0 Å². The molecule has 18 heavy (non-hydrogen) atoms. The lowest BCUT2D eigenvalue weighted by Gasteiger charge is -2.00. The Hall–Kier alpha value is -2.35. The second-order valence-electron chi connectivity index (χ2n) is 3.39. The molecule has 0 aromatic carbocycles. The van der Waals surface area contributed by atoms with E-state index in [-0.39, 0.29) is 12.5 Å². The molecule has 5 heteroatoms. The lowest BCUT2D eigenvalue weighted by atomic mass is 10.2. The highest BCUT2D eigenvalue weighted by Gasteiger charge is 2.06. The molecule has 1 amide bonds. The van der Waals surface area contributed by atoms with E-state index in [1.54, 1.807) is 19.2 Å². The van der Waals surface area contributed by atoms with Gasteiger partial charge in [0.15, 0.2) is 0 Å². The van der Waals surface area contributed by atoms with Crippen molar-refractivity contribution in [1.82, 2.24) is 10.3 Å². The molecule has 94 valence electrons. The van der Waals surface area contributed by atoms with Crippen molar-refractivity contribution in [1.29, 1.82) is 0 Å². The second-order valence-corrected chi connectivity index (χ2v) is 3.39. The minimum absolute atomic E-state index is 0.136. The summed E-state index contributed by atoms with van der Waals surface area (Å²) in [6, 6.07) is 1.60. The van der Waals surface area contributed by atoms with Crippen LogP contribution in [0.3, 0.4) is 0 Å². The third-order valence-electron chi connectivity index (χ3n) is 1.91. The number of pyridine rings is 1. The van der Waals surface area contributed by atoms with Gasteiger partial charge in [-0.2, -0.15) is 0 Å². The summed E-state index contributed by atoms with van der Waals surface area (Å²) in [5.41, 5.74) is 0.967. The van der Waals surface area contributed by atoms with Gasteiger partial charge in [0.2, 0.25) is 5.91 Å². The Morgan fingerprint density at radius 3 is 2.89 bits per heavy atom. The van der Waals surface area contributed by atoms with Gasteiger partial charge in [0.05, 0.1) is 18.7 Å². The van der Waals surface area contributed by atoms with Gasteiger partial charge in [0, 0.05) is 24.9 Å². The molecule has 0 saturated carbocycles. The molecular formula is C13H14N2O3. The van der Waals surface area contributed by atoms with Crippen molar-refractivity contribution < 1.29 is 14.3 Å². The third kappa shape index (κ3) is 4.66. The third-order valence-corrected chi connectivity index (χ3v) is 1.91. The molecule has 0 aliphatic carbocycles. The molecular weight excluding hydrogens is 232 g/mol. The fourth-order valence-electron chi connectivity index (χ4n) is 1.15. The smallest absolute Gasteiger partial charge is 0.339 e. The van der Waals surface area contributed by atoms with E-state index >= 15 is 0 Å². The van der Waals surface area contributed by atoms with Crippen LogP contribution in [-0.2, 0) is 9.53 Å². The molecule has 5 nitrogen and oxygen atoms in total. The van der Waals surface area contributed by atoms with Crippen LogP contribution in [0.15, 0.2) is 18.5 Å². The predicted molar refractivity (Wildman–Crippen MR) is 65.8 cm³/mol. The van der Waals surface area contributed by atoms with Crippen LogP contribution >= 0.6 is 0 Å². The first kappa shape index (κ1) is 13.7. The summed E-state index contributed by atoms with van der Waals surface area (Å²) >= 11 is 0. The average molecular weight is 246 g/mol. The number of nitrogens with zero attached hydrogens (tertiary/aromatic N) is 1. The molecule has 0 bridgehead atoms. The highest BCUT2D eigenvalue weighted by molar-refractivity contribution is 5.89. The zero-order valence-corrected chi connectivity index (χ0v) is 10.3. The monoisotopic (exact) mass is 246 g/mol. The molecule has 0 atom stereocenters. The van der Waals surface area contributed by atoms with Gasteiger partial charge in [-0.25, -0.2) is 4.79 Å². The Bertz CT molecular complexity index is 500. The number of rotatable bonds is 3. The number of carbonyl (C=O) groups excluding carboxylic acids is 2. The van der Waals surface area contributed by atoms with Gasteiger partial charge >= 0.3 is 5.97 Å². The van der Waals surface area contributed by atoms with Crippen molar-refractivity contribution in [3.63, 3.8) is 0 Å². The van der Waals surface area contributed by atoms with Gasteiger partial charge in [-0.05, 0) is 13.0 Å². The quantitative estimate of drug-likeness (QED) is 0.631. The molecule has 1 aromatic rings. The number of amides is 1. The van der Waals surface area contributed by atoms with E-state index < -0.39 is 5.97 Å². The number of esters is 1. The number of hydrogen-bond acceptors (Lipinski definition) is 4. The molecule has 1 N–H and O–H groups in total. The number of nitrogens with one attached hydrogen (secondary N) is 1. The summed E-state index contributed by atoms with van der Waals surface area (Å²) in [4.78, 5) is 26.0. The van der Waals surface area contributed by atoms with Gasteiger partial charge in [0.1, 0.15) is 0 Å². The van der Waals surface area contributed by atoms with E-state index in [0.29, 0.717) is 17.7 Å². The molecule has 0 saturated heterocycles. The normalized spacial score (nSPS) is 9.00. The van der Waals surface area contributed by atoms with Crippen LogP contribution in [0.25, 0.3) is 0 Å². The van der Waals surface area contributed by atoms with Crippen LogP contribution in [0.2, 0.25) is 0 Å². The lowest BCUT2D eigenvalue weighted by molar-refractivity contribution is -0.118. The standard InChI is InChI=1S/C13H14N2O3/c1-3-18-13(17)12-7-11(8-14-9-12)5-4-6-15-10(2)16/h7-9H,3,6H2,1-2H3,(H,15,16). The van der Waals surface area contributed by atoms with E-state index in [1.807, 2.05) is 0 Å². The lowest BCUT2D eigenvalue weighted by Crippen LogP contribution is -2.19. The summed E-state index contributed by atoms with van der Waals surface area (Å²) in [5.74, 6) is 5.00. The topological polar surface area (TPSA) is 68.3 Å². The summed E-state index contributed by atoms with van der Waals surface area (Å²) in [6.45, 7) is 3.74.